The molecule has 0 saturated carbocycles. The third-order valence-electron chi connectivity index (χ3n) is 3.59. The second-order valence-corrected chi connectivity index (χ2v) is 5.56. The van der Waals surface area contributed by atoms with Crippen LogP contribution in [0.1, 0.15) is 22.8 Å². The van der Waals surface area contributed by atoms with E-state index in [0.717, 1.165) is 0 Å². The molecule has 1 N–H and O–H groups in total. The second kappa shape index (κ2) is 10.3. The average molecular weight is 376 g/mol. The summed E-state index contributed by atoms with van der Waals surface area (Å²) in [4.78, 5) is 24.1. The number of nitriles is 1. The second-order valence-electron chi connectivity index (χ2n) is 5.56. The molecule has 6 heteroatoms. The summed E-state index contributed by atoms with van der Waals surface area (Å²) in [6, 6.07) is 15.2. The molecule has 0 unspecified atom stereocenters. The number of rotatable bonds is 8. The van der Waals surface area contributed by atoms with Crippen LogP contribution >= 0.6 is 0 Å². The Balaban J connectivity index is 2.16. The number of amides is 1. The van der Waals surface area contributed by atoms with E-state index in [0.29, 0.717) is 29.2 Å². The summed E-state index contributed by atoms with van der Waals surface area (Å²) in [5.41, 5.74) is 1.36. The summed E-state index contributed by atoms with van der Waals surface area (Å²) in [5.74, 6) is -0.458. The van der Waals surface area contributed by atoms with Crippen LogP contribution in [0.25, 0.3) is 6.08 Å². The van der Waals surface area contributed by atoms with E-state index >= 15 is 0 Å². The van der Waals surface area contributed by atoms with Gasteiger partial charge in [-0.2, -0.15) is 5.26 Å². The first-order valence-electron chi connectivity index (χ1n) is 8.62. The van der Waals surface area contributed by atoms with E-state index in [1.165, 1.54) is 6.08 Å². The van der Waals surface area contributed by atoms with Crippen molar-refractivity contribution < 1.29 is 19.1 Å². The standard InChI is InChI=1S/C22H20N2O4/c1-3-13-28-20-8-6-5-7-17(20)14-18(15-23)21(25)24-19-11-9-16(10-12-19)22(26)27-4-2/h3,5-12,14H,1,4,13H2,2H3,(H,24,25)/b18-14+. The quantitative estimate of drug-likeness (QED) is 0.326. The Morgan fingerprint density at radius 3 is 2.54 bits per heavy atom. The molecule has 0 fully saturated rings. The summed E-state index contributed by atoms with van der Waals surface area (Å²) in [5, 5.41) is 12.0. The van der Waals surface area contributed by atoms with Gasteiger partial charge < -0.3 is 14.8 Å². The molecule has 0 aliphatic carbocycles. The molecule has 2 aromatic rings. The molecule has 0 heterocycles. The Kier molecular flexibility index (Phi) is 7.55. The van der Waals surface area contributed by atoms with Gasteiger partial charge in [0.2, 0.25) is 0 Å². The lowest BCUT2D eigenvalue weighted by Crippen LogP contribution is -2.13. The SMILES string of the molecule is C=CCOc1ccccc1/C=C(\C#N)C(=O)Nc1ccc(C(=O)OCC)cc1. The molecule has 0 radical (unpaired) electrons. The van der Waals surface area contributed by atoms with Crippen LogP contribution in [0.15, 0.2) is 66.8 Å². The molecule has 0 aliphatic rings. The molecular weight excluding hydrogens is 356 g/mol. The number of ether oxygens (including phenoxy) is 2. The van der Waals surface area contributed by atoms with Gasteiger partial charge in [-0.1, -0.05) is 30.9 Å². The summed E-state index contributed by atoms with van der Waals surface area (Å²) in [6.45, 7) is 5.92. The van der Waals surface area contributed by atoms with Gasteiger partial charge in [0.05, 0.1) is 12.2 Å². The molecule has 0 atom stereocenters. The normalized spacial score (nSPS) is 10.5. The number of hydrogen-bond donors (Lipinski definition) is 1. The van der Waals surface area contributed by atoms with Gasteiger partial charge in [-0.25, -0.2) is 4.79 Å². The van der Waals surface area contributed by atoms with E-state index in [1.54, 1.807) is 61.5 Å². The molecule has 0 saturated heterocycles. The van der Waals surface area contributed by atoms with Crippen LogP contribution in [-0.2, 0) is 9.53 Å². The fraction of sp³-hybridized carbons (Fsp3) is 0.136. The predicted octanol–water partition coefficient (Wildman–Crippen LogP) is 3.97. The molecule has 1 amide bonds. The van der Waals surface area contributed by atoms with Crippen molar-refractivity contribution in [3.63, 3.8) is 0 Å². The third kappa shape index (κ3) is 5.58. The molecule has 2 rings (SSSR count). The topological polar surface area (TPSA) is 88.4 Å². The van der Waals surface area contributed by atoms with E-state index in [4.69, 9.17) is 9.47 Å². The van der Waals surface area contributed by atoms with Crippen molar-refractivity contribution in [3.05, 3.63) is 77.9 Å². The highest BCUT2D eigenvalue weighted by atomic mass is 16.5. The summed E-state index contributed by atoms with van der Waals surface area (Å²) < 4.78 is 10.5. The first-order valence-corrected chi connectivity index (χ1v) is 8.62. The van der Waals surface area contributed by atoms with Gasteiger partial charge in [0, 0.05) is 11.3 Å². The lowest BCUT2D eigenvalue weighted by molar-refractivity contribution is -0.112. The number of carbonyl (C=O) groups excluding carboxylic acids is 2. The van der Waals surface area contributed by atoms with Gasteiger partial charge in [0.1, 0.15) is 24.0 Å². The van der Waals surface area contributed by atoms with Gasteiger partial charge in [-0.15, -0.1) is 0 Å². The van der Waals surface area contributed by atoms with Crippen LogP contribution in [-0.4, -0.2) is 25.1 Å². The number of para-hydroxylation sites is 1. The predicted molar refractivity (Wildman–Crippen MR) is 107 cm³/mol. The number of hydrogen-bond acceptors (Lipinski definition) is 5. The maximum Gasteiger partial charge on any atom is 0.338 e. The van der Waals surface area contributed by atoms with Crippen LogP contribution < -0.4 is 10.1 Å². The van der Waals surface area contributed by atoms with Crippen LogP contribution in [0, 0.1) is 11.3 Å². The third-order valence-corrected chi connectivity index (χ3v) is 3.59. The zero-order valence-electron chi connectivity index (χ0n) is 15.5. The highest BCUT2D eigenvalue weighted by Crippen LogP contribution is 2.21. The number of nitrogens with one attached hydrogen (secondary N) is 1. The molecule has 0 spiro atoms. The van der Waals surface area contributed by atoms with Crippen molar-refractivity contribution in [2.75, 3.05) is 18.5 Å². The van der Waals surface area contributed by atoms with E-state index in [-0.39, 0.29) is 12.2 Å². The van der Waals surface area contributed by atoms with Crippen molar-refractivity contribution in [3.8, 4) is 11.8 Å². The Morgan fingerprint density at radius 1 is 1.18 bits per heavy atom. The molecular formula is C22H20N2O4. The number of benzene rings is 2. The van der Waals surface area contributed by atoms with E-state index in [9.17, 15) is 14.9 Å². The highest BCUT2D eigenvalue weighted by Gasteiger charge is 2.12. The van der Waals surface area contributed by atoms with Crippen LogP contribution in [0.4, 0.5) is 5.69 Å². The molecule has 0 aliphatic heterocycles. The Bertz CT molecular complexity index is 924. The monoisotopic (exact) mass is 376 g/mol. The van der Waals surface area contributed by atoms with Gasteiger partial charge in [-0.05, 0) is 43.3 Å². The van der Waals surface area contributed by atoms with Crippen molar-refractivity contribution in [2.24, 2.45) is 0 Å². The van der Waals surface area contributed by atoms with E-state index < -0.39 is 11.9 Å². The molecule has 0 bridgehead atoms. The smallest absolute Gasteiger partial charge is 0.338 e. The van der Waals surface area contributed by atoms with Gasteiger partial charge in [0.15, 0.2) is 0 Å². The minimum absolute atomic E-state index is 0.0795. The number of carbonyl (C=O) groups is 2. The fourth-order valence-corrected chi connectivity index (χ4v) is 2.29. The minimum atomic E-state index is -0.565. The first-order chi connectivity index (χ1) is 13.6. The van der Waals surface area contributed by atoms with Crippen LogP contribution in [0.3, 0.4) is 0 Å². The fourth-order valence-electron chi connectivity index (χ4n) is 2.29. The Morgan fingerprint density at radius 2 is 1.89 bits per heavy atom. The Hall–Kier alpha value is -3.85. The van der Waals surface area contributed by atoms with E-state index in [1.807, 2.05) is 6.07 Å². The first kappa shape index (κ1) is 20.5. The van der Waals surface area contributed by atoms with E-state index in [2.05, 4.69) is 11.9 Å². The lowest BCUT2D eigenvalue weighted by atomic mass is 10.1. The number of anilines is 1. The summed E-state index contributed by atoms with van der Waals surface area (Å²) in [7, 11) is 0. The molecule has 28 heavy (non-hydrogen) atoms. The Labute approximate surface area is 163 Å². The summed E-state index contributed by atoms with van der Waals surface area (Å²) >= 11 is 0. The molecule has 6 nitrogen and oxygen atoms in total. The van der Waals surface area contributed by atoms with Gasteiger partial charge in [0.25, 0.3) is 5.91 Å². The van der Waals surface area contributed by atoms with Gasteiger partial charge >= 0.3 is 5.97 Å². The van der Waals surface area contributed by atoms with Crippen LogP contribution in [0.2, 0.25) is 0 Å². The number of esters is 1. The van der Waals surface area contributed by atoms with Crippen molar-refractivity contribution in [1.82, 2.24) is 0 Å². The minimum Gasteiger partial charge on any atom is -0.489 e. The summed E-state index contributed by atoms with van der Waals surface area (Å²) in [6.07, 6.45) is 3.07. The maximum absolute atomic E-state index is 12.4. The van der Waals surface area contributed by atoms with Gasteiger partial charge in [-0.3, -0.25) is 4.79 Å². The lowest BCUT2D eigenvalue weighted by Gasteiger charge is -2.08. The molecule has 142 valence electrons. The average Bonchev–Trinajstić information content (AvgIpc) is 2.71. The zero-order valence-corrected chi connectivity index (χ0v) is 15.5. The highest BCUT2D eigenvalue weighted by molar-refractivity contribution is 6.10. The van der Waals surface area contributed by atoms with Crippen molar-refractivity contribution in [1.29, 1.82) is 5.26 Å². The van der Waals surface area contributed by atoms with Crippen molar-refractivity contribution >= 4 is 23.6 Å². The zero-order chi connectivity index (χ0) is 20.4. The maximum atomic E-state index is 12.4. The molecule has 2 aromatic carbocycles. The molecule has 0 aromatic heterocycles. The largest absolute Gasteiger partial charge is 0.489 e. The van der Waals surface area contributed by atoms with Crippen molar-refractivity contribution in [2.45, 2.75) is 6.92 Å². The number of nitrogens with zero attached hydrogens (tertiary/aromatic N) is 1. The van der Waals surface area contributed by atoms with Crippen LogP contribution in [0.5, 0.6) is 5.75 Å².